The number of aryl methyl sites for hydroxylation is 1. The van der Waals surface area contributed by atoms with Gasteiger partial charge in [0.05, 0.1) is 7.05 Å². The number of hydrogen-bond donors (Lipinski definition) is 0. The number of halogens is 4. The summed E-state index contributed by atoms with van der Waals surface area (Å²) in [7, 11) is 1.39. The van der Waals surface area contributed by atoms with Crippen LogP contribution in [0.4, 0.5) is 13.2 Å². The van der Waals surface area contributed by atoms with Crippen molar-refractivity contribution in [2.75, 3.05) is 0 Å². The lowest BCUT2D eigenvalue weighted by Gasteiger charge is -2.02. The molecule has 0 fully saturated rings. The first-order chi connectivity index (χ1) is 5.41. The van der Waals surface area contributed by atoms with Crippen molar-refractivity contribution in [3.05, 3.63) is 23.2 Å². The van der Waals surface area contributed by atoms with E-state index in [4.69, 9.17) is 11.6 Å². The highest BCUT2D eigenvalue weighted by Crippen LogP contribution is 2.27. The van der Waals surface area contributed by atoms with Gasteiger partial charge < -0.3 is 0 Å². The number of alkyl halides is 3. The van der Waals surface area contributed by atoms with Crippen LogP contribution in [0.5, 0.6) is 0 Å². The number of hydrogen-bond acceptors (Lipinski definition) is 1. The van der Waals surface area contributed by atoms with Crippen LogP contribution < -0.4 is 4.57 Å². The minimum absolute atomic E-state index is 0.0167. The topological polar surface area (TPSA) is 16.8 Å². The average Bonchev–Trinajstić information content (AvgIpc) is 1.92. The fraction of sp³-hybridized carbons (Fsp3) is 0.333. The molecule has 0 aliphatic carbocycles. The number of nitrogens with zero attached hydrogens (tertiary/aromatic N) is 2. The molecule has 66 valence electrons. The normalized spacial score (nSPS) is 11.8. The van der Waals surface area contributed by atoms with Gasteiger partial charge in [0.25, 0.3) is 0 Å². The second-order valence-electron chi connectivity index (χ2n) is 2.22. The molecule has 1 rings (SSSR count). The Morgan fingerprint density at radius 1 is 1.50 bits per heavy atom. The van der Waals surface area contributed by atoms with Crippen molar-refractivity contribution < 1.29 is 17.7 Å². The molecule has 0 radical (unpaired) electrons. The van der Waals surface area contributed by atoms with Crippen LogP contribution in [-0.4, -0.2) is 4.98 Å². The summed E-state index contributed by atoms with van der Waals surface area (Å²) < 4.78 is 37.1. The zero-order valence-electron chi connectivity index (χ0n) is 6.06. The Balaban J connectivity index is 3.14. The van der Waals surface area contributed by atoms with E-state index in [0.717, 1.165) is 10.8 Å². The Bertz CT molecular complexity index is 297. The van der Waals surface area contributed by atoms with E-state index >= 15 is 0 Å². The van der Waals surface area contributed by atoms with Gasteiger partial charge in [-0.25, -0.2) is 4.57 Å². The first-order valence-electron chi connectivity index (χ1n) is 2.99. The van der Waals surface area contributed by atoms with Crippen molar-refractivity contribution in [3.63, 3.8) is 0 Å². The Hall–Kier alpha value is -0.840. The lowest BCUT2D eigenvalue weighted by molar-refractivity contribution is -0.673. The van der Waals surface area contributed by atoms with Crippen LogP contribution >= 0.6 is 11.6 Å². The van der Waals surface area contributed by atoms with E-state index in [-0.39, 0.29) is 5.28 Å². The lowest BCUT2D eigenvalue weighted by Crippen LogP contribution is -2.32. The Kier molecular flexibility index (Phi) is 2.23. The summed E-state index contributed by atoms with van der Waals surface area (Å²) in [5.74, 6) is 0. The summed E-state index contributed by atoms with van der Waals surface area (Å²) in [6, 6.07) is 0. The molecule has 0 unspecified atom stereocenters. The molecule has 0 saturated heterocycles. The third-order valence-corrected chi connectivity index (χ3v) is 1.63. The highest BCUT2D eigenvalue weighted by molar-refractivity contribution is 6.27. The second-order valence-corrected chi connectivity index (χ2v) is 2.56. The molecule has 0 aliphatic rings. The number of aromatic nitrogens is 2. The maximum Gasteiger partial charge on any atom is 0.423 e. The predicted molar refractivity (Wildman–Crippen MR) is 35.4 cm³/mol. The summed E-state index contributed by atoms with van der Waals surface area (Å²) in [6.07, 6.45) is -2.78. The van der Waals surface area contributed by atoms with Crippen molar-refractivity contribution in [2.45, 2.75) is 6.18 Å². The molecule has 0 amide bonds. The van der Waals surface area contributed by atoms with Gasteiger partial charge in [0.2, 0.25) is 0 Å². The highest BCUT2D eigenvalue weighted by Gasteiger charge is 2.34. The van der Waals surface area contributed by atoms with Gasteiger partial charge in [0.15, 0.2) is 6.20 Å². The monoisotopic (exact) mass is 197 g/mol. The van der Waals surface area contributed by atoms with Gasteiger partial charge in [0.1, 0.15) is 11.8 Å². The predicted octanol–water partition coefficient (Wildman–Crippen LogP) is 1.58. The summed E-state index contributed by atoms with van der Waals surface area (Å²) in [6.45, 7) is 0. The average molecular weight is 198 g/mol. The summed E-state index contributed by atoms with van der Waals surface area (Å²) in [5.41, 5.74) is -0.811. The van der Waals surface area contributed by atoms with E-state index in [9.17, 15) is 13.2 Å². The molecular weight excluding hydrogens is 193 g/mol. The van der Waals surface area contributed by atoms with Crippen LogP contribution in [0.2, 0.25) is 5.28 Å². The quantitative estimate of drug-likeness (QED) is 0.456. The van der Waals surface area contributed by atoms with Gasteiger partial charge in [0, 0.05) is 11.6 Å². The standard InChI is InChI=1S/C6H5ClF3N2/c1-12-3-4(6(8,9)10)2-11-5(12)7/h2-3H,1H3/q+1. The van der Waals surface area contributed by atoms with Crippen LogP contribution in [0.3, 0.4) is 0 Å². The Labute approximate surface area is 71.6 Å². The first kappa shape index (κ1) is 9.25. The molecule has 12 heavy (non-hydrogen) atoms. The minimum Gasteiger partial charge on any atom is -0.222 e. The zero-order valence-corrected chi connectivity index (χ0v) is 6.82. The van der Waals surface area contributed by atoms with Crippen LogP contribution in [-0.2, 0) is 13.2 Å². The Morgan fingerprint density at radius 3 is 2.50 bits per heavy atom. The molecule has 1 heterocycles. The van der Waals surface area contributed by atoms with E-state index in [1.54, 1.807) is 0 Å². The van der Waals surface area contributed by atoms with Gasteiger partial charge in [-0.1, -0.05) is 0 Å². The Morgan fingerprint density at radius 2 is 2.08 bits per heavy atom. The van der Waals surface area contributed by atoms with Gasteiger partial charge >= 0.3 is 11.5 Å². The number of rotatable bonds is 0. The molecule has 0 spiro atoms. The minimum atomic E-state index is -4.37. The second kappa shape index (κ2) is 2.90. The SMILES string of the molecule is C[n+]1cc(C(F)(F)F)cnc1Cl. The van der Waals surface area contributed by atoms with E-state index in [1.807, 2.05) is 0 Å². The van der Waals surface area contributed by atoms with Crippen molar-refractivity contribution in [3.8, 4) is 0 Å². The van der Waals surface area contributed by atoms with E-state index in [0.29, 0.717) is 6.20 Å². The van der Waals surface area contributed by atoms with E-state index in [2.05, 4.69) is 4.98 Å². The highest BCUT2D eigenvalue weighted by atomic mass is 35.5. The third-order valence-electron chi connectivity index (χ3n) is 1.26. The van der Waals surface area contributed by atoms with Gasteiger partial charge in [-0.15, -0.1) is 0 Å². The molecule has 0 saturated carbocycles. The van der Waals surface area contributed by atoms with E-state index in [1.165, 1.54) is 7.05 Å². The first-order valence-corrected chi connectivity index (χ1v) is 3.37. The third kappa shape index (κ3) is 1.85. The molecule has 0 aliphatic heterocycles. The van der Waals surface area contributed by atoms with E-state index < -0.39 is 11.7 Å². The molecule has 6 heteroatoms. The van der Waals surface area contributed by atoms with Crippen molar-refractivity contribution in [1.29, 1.82) is 0 Å². The molecule has 2 nitrogen and oxygen atoms in total. The summed E-state index contributed by atoms with van der Waals surface area (Å²) >= 11 is 5.42. The molecule has 1 aromatic heterocycles. The molecule has 0 bridgehead atoms. The smallest absolute Gasteiger partial charge is 0.222 e. The van der Waals surface area contributed by atoms with Crippen molar-refractivity contribution in [2.24, 2.45) is 7.05 Å². The summed E-state index contributed by atoms with van der Waals surface area (Å²) in [5, 5.41) is 0.0167. The molecule has 0 aromatic carbocycles. The molecular formula is C6H5ClF3N2+. The van der Waals surface area contributed by atoms with Gasteiger partial charge in [-0.2, -0.15) is 13.2 Å². The molecule has 0 atom stereocenters. The zero-order chi connectivity index (χ0) is 9.35. The van der Waals surface area contributed by atoms with Crippen LogP contribution in [0.15, 0.2) is 12.4 Å². The van der Waals surface area contributed by atoms with Gasteiger partial charge in [-0.05, 0) is 4.98 Å². The summed E-state index contributed by atoms with van der Waals surface area (Å²) in [4.78, 5) is 3.35. The molecule has 1 aromatic rings. The largest absolute Gasteiger partial charge is 0.423 e. The van der Waals surface area contributed by atoms with Crippen LogP contribution in [0.1, 0.15) is 5.56 Å². The maximum absolute atomic E-state index is 12.0. The molecule has 0 N–H and O–H groups in total. The van der Waals surface area contributed by atoms with Crippen molar-refractivity contribution >= 4 is 11.6 Å². The fourth-order valence-corrected chi connectivity index (χ4v) is 0.753. The van der Waals surface area contributed by atoms with Gasteiger partial charge in [-0.3, -0.25) is 0 Å². The maximum atomic E-state index is 12.0. The van der Waals surface area contributed by atoms with Crippen LogP contribution in [0.25, 0.3) is 0 Å². The van der Waals surface area contributed by atoms with Crippen molar-refractivity contribution in [1.82, 2.24) is 4.98 Å². The van der Waals surface area contributed by atoms with Crippen LogP contribution in [0, 0.1) is 0 Å². The fourth-order valence-electron chi connectivity index (χ4n) is 0.655. The lowest BCUT2D eigenvalue weighted by atomic mass is 10.3.